The summed E-state index contributed by atoms with van der Waals surface area (Å²) in [5.74, 6) is -9.69. The first-order valence-corrected chi connectivity index (χ1v) is 5.33. The van der Waals surface area contributed by atoms with Crippen LogP contribution in [-0.2, 0) is 6.42 Å². The molecule has 1 heterocycles. The van der Waals surface area contributed by atoms with Crippen LogP contribution in [0.1, 0.15) is 16.8 Å². The first-order chi connectivity index (χ1) is 8.91. The van der Waals surface area contributed by atoms with Crippen LogP contribution in [0.15, 0.2) is 18.3 Å². The standard InChI is InChI=1S/C13H8F5N/c1-6-2-3-7(19-5-6)4-8-9(14)11(16)13(18)12(17)10(8)15/h2-3,5H,4H2,1H3. The monoisotopic (exact) mass is 273 g/mol. The minimum atomic E-state index is -2.16. The Balaban J connectivity index is 2.48. The van der Waals surface area contributed by atoms with Crippen LogP contribution in [0.3, 0.4) is 0 Å². The number of pyridine rings is 1. The van der Waals surface area contributed by atoms with Gasteiger partial charge in [0.2, 0.25) is 5.82 Å². The van der Waals surface area contributed by atoms with Gasteiger partial charge in [0, 0.05) is 23.9 Å². The third-order valence-corrected chi connectivity index (χ3v) is 2.63. The summed E-state index contributed by atoms with van der Waals surface area (Å²) in [7, 11) is 0. The van der Waals surface area contributed by atoms with E-state index < -0.39 is 41.1 Å². The molecule has 0 saturated heterocycles. The number of aromatic nitrogens is 1. The van der Waals surface area contributed by atoms with Crippen LogP contribution >= 0.6 is 0 Å². The molecule has 6 heteroatoms. The molecule has 2 rings (SSSR count). The molecule has 0 atom stereocenters. The highest BCUT2D eigenvalue weighted by molar-refractivity contribution is 5.28. The van der Waals surface area contributed by atoms with Crippen LogP contribution in [0.4, 0.5) is 22.0 Å². The summed E-state index contributed by atoms with van der Waals surface area (Å²) in [6.07, 6.45) is 0.980. The van der Waals surface area contributed by atoms with E-state index in [4.69, 9.17) is 0 Å². The molecule has 0 fully saturated rings. The maximum absolute atomic E-state index is 13.4. The summed E-state index contributed by atoms with van der Waals surface area (Å²) in [6.45, 7) is 1.76. The van der Waals surface area contributed by atoms with E-state index in [1.165, 1.54) is 12.3 Å². The van der Waals surface area contributed by atoms with E-state index >= 15 is 0 Å². The molecule has 0 amide bonds. The van der Waals surface area contributed by atoms with Gasteiger partial charge in [-0.3, -0.25) is 4.98 Å². The summed E-state index contributed by atoms with van der Waals surface area (Å²) in [6, 6.07) is 3.10. The third-order valence-electron chi connectivity index (χ3n) is 2.63. The SMILES string of the molecule is Cc1ccc(Cc2c(F)c(F)c(F)c(F)c2F)nc1. The summed E-state index contributed by atoms with van der Waals surface area (Å²) >= 11 is 0. The normalized spacial score (nSPS) is 10.8. The zero-order valence-corrected chi connectivity index (χ0v) is 9.78. The number of rotatable bonds is 2. The smallest absolute Gasteiger partial charge is 0.200 e. The van der Waals surface area contributed by atoms with Crippen molar-refractivity contribution in [2.75, 3.05) is 0 Å². The van der Waals surface area contributed by atoms with Crippen LogP contribution in [0.5, 0.6) is 0 Å². The molecule has 0 unspecified atom stereocenters. The van der Waals surface area contributed by atoms with Crippen molar-refractivity contribution in [1.29, 1.82) is 0 Å². The van der Waals surface area contributed by atoms with Crippen molar-refractivity contribution in [2.45, 2.75) is 13.3 Å². The van der Waals surface area contributed by atoms with Gasteiger partial charge in [-0.15, -0.1) is 0 Å². The van der Waals surface area contributed by atoms with Gasteiger partial charge >= 0.3 is 0 Å². The van der Waals surface area contributed by atoms with Crippen molar-refractivity contribution >= 4 is 0 Å². The molecule has 1 aromatic carbocycles. The first kappa shape index (κ1) is 13.5. The molecule has 0 aliphatic carbocycles. The van der Waals surface area contributed by atoms with Gasteiger partial charge in [-0.1, -0.05) is 6.07 Å². The van der Waals surface area contributed by atoms with E-state index in [-0.39, 0.29) is 5.69 Å². The summed E-state index contributed by atoms with van der Waals surface area (Å²) in [5, 5.41) is 0. The fourth-order valence-corrected chi connectivity index (χ4v) is 1.59. The Hall–Kier alpha value is -1.98. The van der Waals surface area contributed by atoms with Gasteiger partial charge in [0.25, 0.3) is 0 Å². The van der Waals surface area contributed by atoms with Crippen LogP contribution < -0.4 is 0 Å². The molecule has 2 aromatic rings. The zero-order chi connectivity index (χ0) is 14.2. The lowest BCUT2D eigenvalue weighted by atomic mass is 10.1. The Labute approximate surface area is 105 Å². The highest BCUT2D eigenvalue weighted by Crippen LogP contribution is 2.24. The number of halogens is 5. The van der Waals surface area contributed by atoms with Crippen LogP contribution in [0.2, 0.25) is 0 Å². The van der Waals surface area contributed by atoms with E-state index in [9.17, 15) is 22.0 Å². The van der Waals surface area contributed by atoms with Crippen molar-refractivity contribution < 1.29 is 22.0 Å². The van der Waals surface area contributed by atoms with Crippen LogP contribution in [0, 0.1) is 36.0 Å². The third kappa shape index (κ3) is 2.43. The molecule has 0 radical (unpaired) electrons. The van der Waals surface area contributed by atoms with Crippen molar-refractivity contribution in [1.82, 2.24) is 4.98 Å². The van der Waals surface area contributed by atoms with Gasteiger partial charge < -0.3 is 0 Å². The molecule has 0 N–H and O–H groups in total. The van der Waals surface area contributed by atoms with E-state index in [2.05, 4.69) is 4.98 Å². The van der Waals surface area contributed by atoms with Crippen molar-refractivity contribution in [3.8, 4) is 0 Å². The van der Waals surface area contributed by atoms with Gasteiger partial charge in [0.15, 0.2) is 23.3 Å². The molecule has 0 aliphatic heterocycles. The molecule has 0 bridgehead atoms. The second kappa shape index (κ2) is 4.95. The number of hydrogen-bond donors (Lipinski definition) is 0. The van der Waals surface area contributed by atoms with Gasteiger partial charge in [-0.2, -0.15) is 0 Å². The van der Waals surface area contributed by atoms with E-state index in [1.807, 2.05) is 0 Å². The molecule has 100 valence electrons. The number of nitrogens with zero attached hydrogens (tertiary/aromatic N) is 1. The minimum absolute atomic E-state index is 0.216. The summed E-state index contributed by atoms with van der Waals surface area (Å²) in [5.41, 5.74) is 0.155. The predicted molar refractivity (Wildman–Crippen MR) is 58.0 cm³/mol. The molecule has 0 aliphatic rings. The average molecular weight is 273 g/mol. The minimum Gasteiger partial charge on any atom is -0.261 e. The van der Waals surface area contributed by atoms with Gasteiger partial charge in [0.1, 0.15) is 0 Å². The summed E-state index contributed by atoms with van der Waals surface area (Å²) < 4.78 is 65.7. The van der Waals surface area contributed by atoms with Crippen molar-refractivity contribution in [3.63, 3.8) is 0 Å². The number of benzene rings is 1. The topological polar surface area (TPSA) is 12.9 Å². The average Bonchev–Trinajstić information content (AvgIpc) is 2.41. The fraction of sp³-hybridized carbons (Fsp3) is 0.154. The second-order valence-corrected chi connectivity index (χ2v) is 4.05. The number of hydrogen-bond acceptors (Lipinski definition) is 1. The van der Waals surface area contributed by atoms with Gasteiger partial charge in [-0.25, -0.2) is 22.0 Å². The quantitative estimate of drug-likeness (QED) is 0.462. The first-order valence-electron chi connectivity index (χ1n) is 5.33. The van der Waals surface area contributed by atoms with Crippen molar-refractivity contribution in [3.05, 3.63) is 64.2 Å². The van der Waals surface area contributed by atoms with E-state index in [0.29, 0.717) is 0 Å². The Kier molecular flexibility index (Phi) is 3.50. The lowest BCUT2D eigenvalue weighted by molar-refractivity contribution is 0.371. The van der Waals surface area contributed by atoms with E-state index in [0.717, 1.165) is 5.56 Å². The Morgan fingerprint density at radius 3 is 1.84 bits per heavy atom. The largest absolute Gasteiger partial charge is 0.261 e. The maximum Gasteiger partial charge on any atom is 0.200 e. The lowest BCUT2D eigenvalue weighted by Gasteiger charge is -2.08. The van der Waals surface area contributed by atoms with Gasteiger partial charge in [0.05, 0.1) is 0 Å². The predicted octanol–water partition coefficient (Wildman–Crippen LogP) is 3.68. The molecule has 1 aromatic heterocycles. The Morgan fingerprint density at radius 2 is 1.37 bits per heavy atom. The second-order valence-electron chi connectivity index (χ2n) is 4.05. The fourth-order valence-electron chi connectivity index (χ4n) is 1.59. The van der Waals surface area contributed by atoms with Gasteiger partial charge in [-0.05, 0) is 18.6 Å². The van der Waals surface area contributed by atoms with E-state index in [1.54, 1.807) is 13.0 Å². The van der Waals surface area contributed by atoms with Crippen LogP contribution in [0.25, 0.3) is 0 Å². The molecular weight excluding hydrogens is 265 g/mol. The summed E-state index contributed by atoms with van der Waals surface area (Å²) in [4.78, 5) is 3.87. The molecule has 1 nitrogen and oxygen atoms in total. The highest BCUT2D eigenvalue weighted by atomic mass is 19.2. The Morgan fingerprint density at radius 1 is 0.842 bits per heavy atom. The lowest BCUT2D eigenvalue weighted by Crippen LogP contribution is -2.08. The highest BCUT2D eigenvalue weighted by Gasteiger charge is 2.25. The Bertz CT molecular complexity index is 593. The molecule has 0 saturated carbocycles. The van der Waals surface area contributed by atoms with Crippen LogP contribution in [-0.4, -0.2) is 4.98 Å². The zero-order valence-electron chi connectivity index (χ0n) is 9.78. The molecular formula is C13H8F5N. The maximum atomic E-state index is 13.4. The molecule has 0 spiro atoms. The number of aryl methyl sites for hydroxylation is 1. The molecule has 19 heavy (non-hydrogen) atoms. The van der Waals surface area contributed by atoms with Crippen molar-refractivity contribution in [2.24, 2.45) is 0 Å².